The number of likely N-dealkylation sites (tertiary alicyclic amines) is 1. The third kappa shape index (κ3) is 3.88. The first-order valence-corrected chi connectivity index (χ1v) is 6.75. The van der Waals surface area contributed by atoms with E-state index in [0.29, 0.717) is 6.04 Å². The fourth-order valence-electron chi connectivity index (χ4n) is 2.27. The number of nitrogens with one attached hydrogen (secondary N) is 1. The van der Waals surface area contributed by atoms with Crippen LogP contribution in [0.15, 0.2) is 23.9 Å². The van der Waals surface area contributed by atoms with Crippen LogP contribution in [0.5, 0.6) is 0 Å². The van der Waals surface area contributed by atoms with Gasteiger partial charge in [0.15, 0.2) is 0 Å². The van der Waals surface area contributed by atoms with Gasteiger partial charge in [-0.25, -0.2) is 0 Å². The van der Waals surface area contributed by atoms with Gasteiger partial charge in [0, 0.05) is 45.0 Å². The minimum Gasteiger partial charge on any atom is -0.366 e. The number of hydrogen-bond acceptors (Lipinski definition) is 3. The zero-order valence-electron chi connectivity index (χ0n) is 11.7. The van der Waals surface area contributed by atoms with Gasteiger partial charge in [0.2, 0.25) is 0 Å². The van der Waals surface area contributed by atoms with Crippen LogP contribution in [0.2, 0.25) is 0 Å². The molecule has 4 nitrogen and oxygen atoms in total. The first-order valence-electron chi connectivity index (χ1n) is 6.75. The van der Waals surface area contributed by atoms with Crippen molar-refractivity contribution in [1.82, 2.24) is 14.7 Å². The normalized spacial score (nSPS) is 17.7. The predicted octanol–water partition coefficient (Wildman–Crippen LogP) is 2.26. The van der Waals surface area contributed by atoms with Crippen molar-refractivity contribution in [3.8, 4) is 0 Å². The third-order valence-electron chi connectivity index (χ3n) is 3.41. The van der Waals surface area contributed by atoms with E-state index in [4.69, 9.17) is 0 Å². The fourth-order valence-corrected chi connectivity index (χ4v) is 2.27. The predicted molar refractivity (Wildman–Crippen MR) is 75.7 cm³/mol. The average molecular weight is 248 g/mol. The highest BCUT2D eigenvalue weighted by atomic mass is 15.3. The molecule has 18 heavy (non-hydrogen) atoms. The van der Waals surface area contributed by atoms with Gasteiger partial charge in [0.25, 0.3) is 0 Å². The number of piperidine rings is 1. The van der Waals surface area contributed by atoms with Crippen molar-refractivity contribution in [2.45, 2.75) is 32.7 Å². The molecule has 0 amide bonds. The second kappa shape index (κ2) is 6.05. The van der Waals surface area contributed by atoms with E-state index >= 15 is 0 Å². The summed E-state index contributed by atoms with van der Waals surface area (Å²) in [7, 11) is 1.95. The highest BCUT2D eigenvalue weighted by molar-refractivity contribution is 5.33. The quantitative estimate of drug-likeness (QED) is 0.830. The molecule has 0 saturated carbocycles. The molecule has 1 aromatic rings. The second-order valence-corrected chi connectivity index (χ2v) is 5.38. The van der Waals surface area contributed by atoms with Gasteiger partial charge < -0.3 is 5.32 Å². The SMILES string of the molecule is CC(C)=CCN1CCC(Nc2ccn(C)n2)CC1. The minimum atomic E-state index is 0.572. The van der Waals surface area contributed by atoms with Crippen molar-refractivity contribution in [1.29, 1.82) is 0 Å². The van der Waals surface area contributed by atoms with Gasteiger partial charge in [-0.3, -0.25) is 9.58 Å². The summed E-state index contributed by atoms with van der Waals surface area (Å²) < 4.78 is 1.84. The highest BCUT2D eigenvalue weighted by Crippen LogP contribution is 2.15. The fraction of sp³-hybridized carbons (Fsp3) is 0.643. The van der Waals surface area contributed by atoms with Crippen LogP contribution in [-0.2, 0) is 7.05 Å². The van der Waals surface area contributed by atoms with Gasteiger partial charge in [-0.05, 0) is 26.7 Å². The van der Waals surface area contributed by atoms with Crippen molar-refractivity contribution in [2.24, 2.45) is 7.05 Å². The summed E-state index contributed by atoms with van der Waals surface area (Å²) in [5.74, 6) is 1.00. The Labute approximate surface area is 110 Å². The summed E-state index contributed by atoms with van der Waals surface area (Å²) in [4.78, 5) is 2.52. The molecule has 0 unspecified atom stereocenters. The Morgan fingerprint density at radius 1 is 1.44 bits per heavy atom. The third-order valence-corrected chi connectivity index (χ3v) is 3.41. The van der Waals surface area contributed by atoms with E-state index in [1.54, 1.807) is 0 Å². The molecule has 1 saturated heterocycles. The lowest BCUT2D eigenvalue weighted by Crippen LogP contribution is -2.39. The lowest BCUT2D eigenvalue weighted by Gasteiger charge is -2.31. The van der Waals surface area contributed by atoms with E-state index in [-0.39, 0.29) is 0 Å². The summed E-state index contributed by atoms with van der Waals surface area (Å²) in [5.41, 5.74) is 1.41. The van der Waals surface area contributed by atoms with E-state index < -0.39 is 0 Å². The van der Waals surface area contributed by atoms with Gasteiger partial charge in [-0.15, -0.1) is 0 Å². The zero-order valence-corrected chi connectivity index (χ0v) is 11.7. The van der Waals surface area contributed by atoms with Crippen molar-refractivity contribution in [3.63, 3.8) is 0 Å². The number of hydrogen-bond donors (Lipinski definition) is 1. The topological polar surface area (TPSA) is 33.1 Å². The number of anilines is 1. The van der Waals surface area contributed by atoms with Crippen molar-refractivity contribution in [3.05, 3.63) is 23.9 Å². The van der Waals surface area contributed by atoms with Gasteiger partial charge in [-0.2, -0.15) is 5.10 Å². The highest BCUT2D eigenvalue weighted by Gasteiger charge is 2.18. The van der Waals surface area contributed by atoms with E-state index in [1.807, 2.05) is 24.0 Å². The maximum Gasteiger partial charge on any atom is 0.148 e. The van der Waals surface area contributed by atoms with Crippen molar-refractivity contribution in [2.75, 3.05) is 25.0 Å². The molecule has 1 aliphatic heterocycles. The van der Waals surface area contributed by atoms with Crippen LogP contribution in [0.4, 0.5) is 5.82 Å². The lowest BCUT2D eigenvalue weighted by molar-refractivity contribution is 0.239. The molecule has 1 aliphatic rings. The van der Waals surface area contributed by atoms with Crippen LogP contribution < -0.4 is 5.32 Å². The van der Waals surface area contributed by atoms with Crippen LogP contribution in [0.25, 0.3) is 0 Å². The zero-order chi connectivity index (χ0) is 13.0. The molecular weight excluding hydrogens is 224 g/mol. The summed E-state index contributed by atoms with van der Waals surface area (Å²) in [6.45, 7) is 7.77. The number of aryl methyl sites for hydroxylation is 1. The maximum absolute atomic E-state index is 4.37. The van der Waals surface area contributed by atoms with E-state index in [9.17, 15) is 0 Å². The Balaban J connectivity index is 1.75. The molecule has 0 spiro atoms. The molecule has 2 rings (SSSR count). The van der Waals surface area contributed by atoms with Crippen molar-refractivity contribution < 1.29 is 0 Å². The molecule has 1 aromatic heterocycles. The second-order valence-electron chi connectivity index (χ2n) is 5.38. The van der Waals surface area contributed by atoms with Gasteiger partial charge in [0.05, 0.1) is 0 Å². The Morgan fingerprint density at radius 2 is 2.17 bits per heavy atom. The largest absolute Gasteiger partial charge is 0.366 e. The van der Waals surface area contributed by atoms with Crippen LogP contribution >= 0.6 is 0 Å². The van der Waals surface area contributed by atoms with E-state index in [1.165, 1.54) is 31.5 Å². The standard InChI is InChI=1S/C14H24N4/c1-12(2)4-9-18-10-5-13(6-11-18)15-14-7-8-17(3)16-14/h4,7-8,13H,5-6,9-11H2,1-3H3,(H,15,16). The first kappa shape index (κ1) is 13.1. The molecule has 0 radical (unpaired) electrons. The molecule has 1 fully saturated rings. The summed E-state index contributed by atoms with van der Waals surface area (Å²) in [6.07, 6.45) is 6.69. The van der Waals surface area contributed by atoms with Crippen molar-refractivity contribution >= 4 is 5.82 Å². The molecule has 0 aliphatic carbocycles. The molecule has 1 N–H and O–H groups in total. The average Bonchev–Trinajstić information content (AvgIpc) is 2.74. The Bertz CT molecular complexity index is 396. The van der Waals surface area contributed by atoms with Crippen LogP contribution in [0, 0.1) is 0 Å². The molecule has 100 valence electrons. The van der Waals surface area contributed by atoms with E-state index in [2.05, 4.69) is 35.2 Å². The number of allylic oxidation sites excluding steroid dienone is 1. The van der Waals surface area contributed by atoms with Crippen LogP contribution in [-0.4, -0.2) is 40.4 Å². The van der Waals surface area contributed by atoms with Crippen LogP contribution in [0.1, 0.15) is 26.7 Å². The molecule has 2 heterocycles. The Hall–Kier alpha value is -1.29. The molecule has 0 atom stereocenters. The lowest BCUT2D eigenvalue weighted by atomic mass is 10.1. The Morgan fingerprint density at radius 3 is 2.72 bits per heavy atom. The van der Waals surface area contributed by atoms with Gasteiger partial charge in [-0.1, -0.05) is 11.6 Å². The van der Waals surface area contributed by atoms with Crippen LogP contribution in [0.3, 0.4) is 0 Å². The first-order chi connectivity index (χ1) is 8.63. The minimum absolute atomic E-state index is 0.572. The van der Waals surface area contributed by atoms with Gasteiger partial charge >= 0.3 is 0 Å². The smallest absolute Gasteiger partial charge is 0.148 e. The maximum atomic E-state index is 4.37. The van der Waals surface area contributed by atoms with Gasteiger partial charge in [0.1, 0.15) is 5.82 Å². The summed E-state index contributed by atoms with van der Waals surface area (Å²) in [6, 6.07) is 2.61. The molecule has 0 aromatic carbocycles. The Kier molecular flexibility index (Phi) is 4.42. The number of nitrogens with zero attached hydrogens (tertiary/aromatic N) is 3. The summed E-state index contributed by atoms with van der Waals surface area (Å²) >= 11 is 0. The molecular formula is C14H24N4. The molecule has 4 heteroatoms. The number of rotatable bonds is 4. The van der Waals surface area contributed by atoms with E-state index in [0.717, 1.165) is 12.4 Å². The monoisotopic (exact) mass is 248 g/mol. The number of aromatic nitrogens is 2. The molecule has 0 bridgehead atoms. The summed E-state index contributed by atoms with van der Waals surface area (Å²) in [5, 5.41) is 7.88.